The highest BCUT2D eigenvalue weighted by Gasteiger charge is 2.27. The molecule has 5 nitrogen and oxygen atoms in total. The normalized spacial score (nSPS) is 18.9. The quantitative estimate of drug-likeness (QED) is 0.833. The van der Waals surface area contributed by atoms with Crippen molar-refractivity contribution >= 4 is 11.8 Å². The van der Waals surface area contributed by atoms with Crippen molar-refractivity contribution in [3.05, 3.63) is 29.8 Å². The van der Waals surface area contributed by atoms with E-state index in [1.807, 2.05) is 29.2 Å². The second-order valence-electron chi connectivity index (χ2n) is 7.75. The summed E-state index contributed by atoms with van der Waals surface area (Å²) in [6.45, 7) is 3.53. The van der Waals surface area contributed by atoms with Gasteiger partial charge in [-0.05, 0) is 43.7 Å². The van der Waals surface area contributed by atoms with E-state index in [-0.39, 0.29) is 30.4 Å². The number of benzene rings is 1. The van der Waals surface area contributed by atoms with Crippen LogP contribution < -0.4 is 10.1 Å². The topological polar surface area (TPSA) is 58.6 Å². The Morgan fingerprint density at radius 2 is 1.78 bits per heavy atom. The number of aryl methyl sites for hydroxylation is 1. The molecule has 3 rings (SSSR count). The zero-order valence-electron chi connectivity index (χ0n) is 16.4. The van der Waals surface area contributed by atoms with E-state index in [1.165, 1.54) is 19.3 Å². The molecule has 2 amide bonds. The number of piperidine rings is 1. The van der Waals surface area contributed by atoms with Gasteiger partial charge in [0.05, 0.1) is 0 Å². The van der Waals surface area contributed by atoms with E-state index in [0.29, 0.717) is 13.1 Å². The van der Waals surface area contributed by atoms with Crippen molar-refractivity contribution in [3.63, 3.8) is 0 Å². The molecule has 1 saturated carbocycles. The summed E-state index contributed by atoms with van der Waals surface area (Å²) in [7, 11) is 0. The molecule has 1 N–H and O–H groups in total. The van der Waals surface area contributed by atoms with Crippen molar-refractivity contribution in [2.75, 3.05) is 19.7 Å². The third-order valence-corrected chi connectivity index (χ3v) is 5.87. The first-order valence-electron chi connectivity index (χ1n) is 10.5. The van der Waals surface area contributed by atoms with E-state index < -0.39 is 0 Å². The van der Waals surface area contributed by atoms with Crippen LogP contribution in [0.5, 0.6) is 5.75 Å². The van der Waals surface area contributed by atoms with Crippen LogP contribution in [0.15, 0.2) is 24.3 Å². The third kappa shape index (κ3) is 5.47. The van der Waals surface area contributed by atoms with E-state index in [2.05, 4.69) is 12.2 Å². The lowest BCUT2D eigenvalue weighted by Gasteiger charge is -2.33. The summed E-state index contributed by atoms with van der Waals surface area (Å²) in [6, 6.07) is 8.06. The molecule has 0 bridgehead atoms. The minimum atomic E-state index is 0.0259. The van der Waals surface area contributed by atoms with Gasteiger partial charge in [-0.1, -0.05) is 44.4 Å². The Hall–Kier alpha value is -2.04. The highest BCUT2D eigenvalue weighted by atomic mass is 16.5. The molecule has 2 aliphatic rings. The molecule has 148 valence electrons. The Labute approximate surface area is 162 Å². The van der Waals surface area contributed by atoms with Gasteiger partial charge in [0.15, 0.2) is 6.61 Å². The molecule has 0 atom stereocenters. The van der Waals surface area contributed by atoms with E-state index in [4.69, 9.17) is 4.74 Å². The number of hydrogen-bond acceptors (Lipinski definition) is 3. The molecule has 1 saturated heterocycles. The van der Waals surface area contributed by atoms with Gasteiger partial charge < -0.3 is 15.0 Å². The van der Waals surface area contributed by atoms with Gasteiger partial charge in [-0.3, -0.25) is 9.59 Å². The number of hydrogen-bond donors (Lipinski definition) is 1. The van der Waals surface area contributed by atoms with Gasteiger partial charge in [0.25, 0.3) is 5.91 Å². The van der Waals surface area contributed by atoms with Crippen LogP contribution in [0.25, 0.3) is 0 Å². The maximum absolute atomic E-state index is 12.5. The number of carbonyl (C=O) groups excluding carboxylic acids is 2. The molecule has 5 heteroatoms. The lowest BCUT2D eigenvalue weighted by molar-refractivity contribution is -0.134. The molecule has 0 spiro atoms. The van der Waals surface area contributed by atoms with Gasteiger partial charge in [0.2, 0.25) is 5.91 Å². The van der Waals surface area contributed by atoms with Crippen LogP contribution in [0, 0.1) is 5.92 Å². The molecule has 1 heterocycles. The predicted octanol–water partition coefficient (Wildman–Crippen LogP) is 3.32. The smallest absolute Gasteiger partial charge is 0.260 e. The first-order chi connectivity index (χ1) is 13.2. The minimum absolute atomic E-state index is 0.0259. The van der Waals surface area contributed by atoms with Gasteiger partial charge in [-0.25, -0.2) is 0 Å². The van der Waals surface area contributed by atoms with Crippen molar-refractivity contribution in [2.45, 2.75) is 64.3 Å². The van der Waals surface area contributed by atoms with Crippen molar-refractivity contribution in [3.8, 4) is 5.75 Å². The average Bonchev–Trinajstić information content (AvgIpc) is 2.73. The molecule has 1 aromatic rings. The fourth-order valence-electron chi connectivity index (χ4n) is 4.12. The third-order valence-electron chi connectivity index (χ3n) is 5.87. The fraction of sp³-hybridized carbons (Fsp3) is 0.636. The molecule has 1 aliphatic heterocycles. The maximum Gasteiger partial charge on any atom is 0.260 e. The highest BCUT2D eigenvalue weighted by Crippen LogP contribution is 2.24. The van der Waals surface area contributed by atoms with Gasteiger partial charge in [-0.15, -0.1) is 0 Å². The Morgan fingerprint density at radius 1 is 1.07 bits per heavy atom. The Bertz CT molecular complexity index is 632. The zero-order valence-corrected chi connectivity index (χ0v) is 16.4. The fourth-order valence-corrected chi connectivity index (χ4v) is 4.12. The molecule has 2 fully saturated rings. The number of para-hydroxylation sites is 1. The summed E-state index contributed by atoms with van der Waals surface area (Å²) in [4.78, 5) is 26.7. The van der Waals surface area contributed by atoms with Crippen molar-refractivity contribution in [2.24, 2.45) is 5.92 Å². The molecule has 27 heavy (non-hydrogen) atoms. The monoisotopic (exact) mass is 372 g/mol. The van der Waals surface area contributed by atoms with Crippen molar-refractivity contribution in [1.82, 2.24) is 10.2 Å². The molecule has 0 radical (unpaired) electrons. The van der Waals surface area contributed by atoms with E-state index in [9.17, 15) is 9.59 Å². The first kappa shape index (κ1) is 19.7. The van der Waals surface area contributed by atoms with Crippen LogP contribution in [-0.4, -0.2) is 42.5 Å². The largest absolute Gasteiger partial charge is 0.483 e. The molecule has 1 aliphatic carbocycles. The van der Waals surface area contributed by atoms with Crippen molar-refractivity contribution in [1.29, 1.82) is 0 Å². The summed E-state index contributed by atoms with van der Waals surface area (Å²) in [5, 5.41) is 3.21. The Morgan fingerprint density at radius 3 is 2.48 bits per heavy atom. The van der Waals surface area contributed by atoms with Crippen molar-refractivity contribution < 1.29 is 14.3 Å². The van der Waals surface area contributed by atoms with Crippen LogP contribution in [0.4, 0.5) is 0 Å². The summed E-state index contributed by atoms with van der Waals surface area (Å²) < 4.78 is 5.75. The van der Waals surface area contributed by atoms with Crippen LogP contribution >= 0.6 is 0 Å². The molecule has 0 aromatic heterocycles. The first-order valence-corrected chi connectivity index (χ1v) is 10.5. The van der Waals surface area contributed by atoms with Crippen LogP contribution in [-0.2, 0) is 16.0 Å². The lowest BCUT2D eigenvalue weighted by Crippen LogP contribution is -2.48. The van der Waals surface area contributed by atoms with Crippen LogP contribution in [0.1, 0.15) is 57.4 Å². The standard InChI is InChI=1S/C22H32N2O3/c1-2-17-8-6-7-11-20(17)27-16-21(25)24-14-12-19(13-15-24)23-22(26)18-9-4-3-5-10-18/h6-8,11,18-19H,2-5,9-10,12-16H2,1H3,(H,23,26). The Balaban J connectivity index is 1.40. The summed E-state index contributed by atoms with van der Waals surface area (Å²) in [5.74, 6) is 1.24. The van der Waals surface area contributed by atoms with Gasteiger partial charge >= 0.3 is 0 Å². The number of nitrogens with zero attached hydrogens (tertiary/aromatic N) is 1. The maximum atomic E-state index is 12.5. The lowest BCUT2D eigenvalue weighted by atomic mass is 9.88. The number of ether oxygens (including phenoxy) is 1. The zero-order chi connectivity index (χ0) is 19.1. The second-order valence-corrected chi connectivity index (χ2v) is 7.75. The van der Waals surface area contributed by atoms with Gasteiger partial charge in [0, 0.05) is 25.0 Å². The van der Waals surface area contributed by atoms with Gasteiger partial charge in [0.1, 0.15) is 5.75 Å². The molecule has 0 unspecified atom stereocenters. The summed E-state index contributed by atoms with van der Waals surface area (Å²) in [5.41, 5.74) is 1.12. The number of likely N-dealkylation sites (tertiary alicyclic amines) is 1. The van der Waals surface area contributed by atoms with Gasteiger partial charge in [-0.2, -0.15) is 0 Å². The number of rotatable bonds is 6. The molecular weight excluding hydrogens is 340 g/mol. The summed E-state index contributed by atoms with van der Waals surface area (Å²) in [6.07, 6.45) is 8.20. The predicted molar refractivity (Wildman–Crippen MR) is 106 cm³/mol. The SMILES string of the molecule is CCc1ccccc1OCC(=O)N1CCC(NC(=O)C2CCCCC2)CC1. The number of amides is 2. The van der Waals surface area contributed by atoms with Crippen LogP contribution in [0.2, 0.25) is 0 Å². The number of carbonyl (C=O) groups is 2. The van der Waals surface area contributed by atoms with E-state index in [0.717, 1.165) is 43.4 Å². The van der Waals surface area contributed by atoms with E-state index in [1.54, 1.807) is 0 Å². The number of nitrogens with one attached hydrogen (secondary N) is 1. The summed E-state index contributed by atoms with van der Waals surface area (Å²) >= 11 is 0. The minimum Gasteiger partial charge on any atom is -0.483 e. The Kier molecular flexibility index (Phi) is 7.13. The molecular formula is C22H32N2O3. The van der Waals surface area contributed by atoms with E-state index >= 15 is 0 Å². The molecule has 1 aromatic carbocycles. The van der Waals surface area contributed by atoms with Crippen LogP contribution in [0.3, 0.4) is 0 Å². The highest BCUT2D eigenvalue weighted by molar-refractivity contribution is 5.79. The second kappa shape index (κ2) is 9.77. The average molecular weight is 373 g/mol.